The van der Waals surface area contributed by atoms with Crippen molar-refractivity contribution in [2.24, 2.45) is 5.92 Å². The Kier molecular flexibility index (Phi) is 3.69. The monoisotopic (exact) mass is 345 g/mol. The lowest BCUT2D eigenvalue weighted by atomic mass is 9.89. The third kappa shape index (κ3) is 2.73. The quantitative estimate of drug-likeness (QED) is 0.765. The zero-order valence-electron chi connectivity index (χ0n) is 11.6. The van der Waals surface area contributed by atoms with E-state index in [1.807, 2.05) is 0 Å². The maximum atomic E-state index is 13.7. The van der Waals surface area contributed by atoms with E-state index in [0.29, 0.717) is 0 Å². The first-order valence-electron chi connectivity index (χ1n) is 6.80. The second kappa shape index (κ2) is 5.32. The Bertz CT molecular complexity index is 734. The zero-order chi connectivity index (χ0) is 16.8. The number of benzene rings is 1. The topological polar surface area (TPSA) is 58.6 Å². The molecule has 122 valence electrons. The van der Waals surface area contributed by atoms with E-state index in [0.717, 1.165) is 18.9 Å². The molecule has 1 aliphatic carbocycles. The molecule has 23 heavy (non-hydrogen) atoms. The predicted molar refractivity (Wildman–Crippen MR) is 75.7 cm³/mol. The van der Waals surface area contributed by atoms with Gasteiger partial charge in [0.15, 0.2) is 0 Å². The van der Waals surface area contributed by atoms with Gasteiger partial charge in [0.05, 0.1) is 12.3 Å². The number of ether oxygens (including phenoxy) is 1. The molecule has 1 saturated carbocycles. The number of rotatable bonds is 1. The van der Waals surface area contributed by atoms with Gasteiger partial charge in [0, 0.05) is 16.5 Å². The van der Waals surface area contributed by atoms with Crippen LogP contribution in [0.3, 0.4) is 0 Å². The molecule has 0 bridgehead atoms. The van der Waals surface area contributed by atoms with Crippen LogP contribution in [-0.4, -0.2) is 17.4 Å². The molecule has 0 saturated heterocycles. The third-order valence-corrected chi connectivity index (χ3v) is 4.00. The van der Waals surface area contributed by atoms with Crippen LogP contribution in [0.5, 0.6) is 0 Å². The summed E-state index contributed by atoms with van der Waals surface area (Å²) in [5.41, 5.74) is -3.39. The number of carbonyl (C=O) groups is 1. The number of hydrogen-bond acceptors (Lipinski definition) is 3. The molecule has 4 nitrogen and oxygen atoms in total. The molecule has 1 aromatic rings. The number of aliphatic hydroxyl groups is 1. The molecule has 8 heteroatoms. The summed E-state index contributed by atoms with van der Waals surface area (Å²) in [7, 11) is 0. The molecule has 0 aromatic heterocycles. The van der Waals surface area contributed by atoms with Crippen molar-refractivity contribution in [1.82, 2.24) is 0 Å². The Morgan fingerprint density at radius 1 is 1.43 bits per heavy atom. The van der Waals surface area contributed by atoms with Gasteiger partial charge in [-0.15, -0.1) is 0 Å². The van der Waals surface area contributed by atoms with Crippen molar-refractivity contribution < 1.29 is 27.8 Å². The van der Waals surface area contributed by atoms with E-state index >= 15 is 0 Å². The van der Waals surface area contributed by atoms with E-state index in [9.17, 15) is 23.1 Å². The molecule has 2 aliphatic rings. The van der Waals surface area contributed by atoms with Gasteiger partial charge in [-0.1, -0.05) is 17.5 Å². The number of halogens is 4. The Balaban J connectivity index is 2.23. The third-order valence-electron chi connectivity index (χ3n) is 3.65. The van der Waals surface area contributed by atoms with Crippen molar-refractivity contribution in [3.63, 3.8) is 0 Å². The molecule has 1 heterocycles. The maximum Gasteiger partial charge on any atom is 0.445 e. The minimum absolute atomic E-state index is 0.0622. The molecule has 0 radical (unpaired) electrons. The van der Waals surface area contributed by atoms with Gasteiger partial charge in [-0.2, -0.15) is 13.2 Å². The van der Waals surface area contributed by atoms with E-state index in [2.05, 4.69) is 21.9 Å². The van der Waals surface area contributed by atoms with E-state index in [-0.39, 0.29) is 27.8 Å². The van der Waals surface area contributed by atoms with E-state index in [1.54, 1.807) is 0 Å². The van der Waals surface area contributed by atoms with Crippen LogP contribution in [0.1, 0.15) is 24.0 Å². The highest BCUT2D eigenvalue weighted by Crippen LogP contribution is 2.48. The van der Waals surface area contributed by atoms with Crippen LogP contribution >= 0.6 is 11.6 Å². The largest absolute Gasteiger partial charge is 0.445 e. The highest BCUT2D eigenvalue weighted by atomic mass is 35.5. The van der Waals surface area contributed by atoms with Crippen LogP contribution in [0, 0.1) is 17.8 Å². The number of alkyl halides is 3. The van der Waals surface area contributed by atoms with Crippen molar-refractivity contribution in [1.29, 1.82) is 0 Å². The average molecular weight is 346 g/mol. The summed E-state index contributed by atoms with van der Waals surface area (Å²) in [5, 5.41) is 11.3. The molecule has 1 aromatic carbocycles. The number of carbonyl (C=O) groups excluding carboxylic acids is 1. The Labute approximate surface area is 134 Å². The van der Waals surface area contributed by atoms with Crippen LogP contribution < -0.4 is 5.32 Å². The molecule has 1 amide bonds. The Hall–Kier alpha value is -1.91. The molecule has 2 N–H and O–H groups in total. The molecule has 1 fully saturated rings. The standard InChI is InChI=1S/C15H11ClF3NO3/c16-11-6-10-12(5-9(11)7-21)20-13(22)23-14(10,15(17,18)19)4-3-8-1-2-8/h5-6,8,21H,1-2,7H2,(H,20,22)/t14-/m1/s1. The predicted octanol–water partition coefficient (Wildman–Crippen LogP) is 3.57. The lowest BCUT2D eigenvalue weighted by Crippen LogP contribution is -2.49. The first-order chi connectivity index (χ1) is 10.8. The van der Waals surface area contributed by atoms with Crippen molar-refractivity contribution in [2.75, 3.05) is 5.32 Å². The van der Waals surface area contributed by atoms with E-state index < -0.39 is 24.5 Å². The number of amides is 1. The van der Waals surface area contributed by atoms with E-state index in [1.165, 1.54) is 6.07 Å². The summed E-state index contributed by atoms with van der Waals surface area (Å²) in [6.07, 6.45) is -4.74. The number of aliphatic hydroxyl groups excluding tert-OH is 1. The highest BCUT2D eigenvalue weighted by Gasteiger charge is 2.62. The summed E-state index contributed by atoms with van der Waals surface area (Å²) in [5.74, 6) is 4.51. The first kappa shape index (κ1) is 16.0. The van der Waals surface area contributed by atoms with Gasteiger partial charge in [0.1, 0.15) is 0 Å². The maximum absolute atomic E-state index is 13.7. The number of nitrogens with one attached hydrogen (secondary N) is 1. The Morgan fingerprint density at radius 2 is 2.13 bits per heavy atom. The van der Waals surface area contributed by atoms with Gasteiger partial charge in [-0.3, -0.25) is 5.32 Å². The number of cyclic esters (lactones) is 1. The minimum atomic E-state index is -4.94. The lowest BCUT2D eigenvalue weighted by Gasteiger charge is -2.36. The van der Waals surface area contributed by atoms with Crippen molar-refractivity contribution in [3.05, 3.63) is 28.3 Å². The fraction of sp³-hybridized carbons (Fsp3) is 0.400. The van der Waals surface area contributed by atoms with Crippen LogP contribution in [0.4, 0.5) is 23.7 Å². The van der Waals surface area contributed by atoms with Gasteiger partial charge in [-0.25, -0.2) is 4.79 Å². The number of anilines is 1. The SMILES string of the molecule is O=C1Nc2cc(CO)c(Cl)cc2[C@](C#CC2CC2)(C(F)(F)F)O1. The van der Waals surface area contributed by atoms with Gasteiger partial charge in [0.25, 0.3) is 5.60 Å². The molecule has 1 atom stereocenters. The molecular weight excluding hydrogens is 335 g/mol. The van der Waals surface area contributed by atoms with Crippen molar-refractivity contribution in [3.8, 4) is 11.8 Å². The molecule has 0 spiro atoms. The van der Waals surface area contributed by atoms with Gasteiger partial charge in [-0.05, 0) is 36.5 Å². The van der Waals surface area contributed by atoms with Crippen molar-refractivity contribution >= 4 is 23.4 Å². The second-order valence-electron chi connectivity index (χ2n) is 5.38. The smallest absolute Gasteiger partial charge is 0.415 e. The van der Waals surface area contributed by atoms with Crippen molar-refractivity contribution in [2.45, 2.75) is 31.2 Å². The van der Waals surface area contributed by atoms with Gasteiger partial charge >= 0.3 is 12.3 Å². The van der Waals surface area contributed by atoms with Crippen LogP contribution in [-0.2, 0) is 16.9 Å². The van der Waals surface area contributed by atoms with Gasteiger partial charge in [0.2, 0.25) is 0 Å². The minimum Gasteiger partial charge on any atom is -0.415 e. The molecule has 3 rings (SSSR count). The fourth-order valence-electron chi connectivity index (χ4n) is 2.27. The lowest BCUT2D eigenvalue weighted by molar-refractivity contribution is -0.239. The summed E-state index contributed by atoms with van der Waals surface area (Å²) in [4.78, 5) is 11.6. The normalized spacial score (nSPS) is 23.3. The zero-order valence-corrected chi connectivity index (χ0v) is 12.4. The van der Waals surface area contributed by atoms with E-state index in [4.69, 9.17) is 11.6 Å². The average Bonchev–Trinajstić information content (AvgIpc) is 3.27. The summed E-state index contributed by atoms with van der Waals surface area (Å²) < 4.78 is 45.8. The molecular formula is C15H11ClF3NO3. The molecule has 0 unspecified atom stereocenters. The summed E-state index contributed by atoms with van der Waals surface area (Å²) in [6.45, 7) is -0.477. The van der Waals surface area contributed by atoms with Crippen LogP contribution in [0.2, 0.25) is 5.02 Å². The van der Waals surface area contributed by atoms with Crippen LogP contribution in [0.15, 0.2) is 12.1 Å². The van der Waals surface area contributed by atoms with Crippen LogP contribution in [0.25, 0.3) is 0 Å². The molecule has 1 aliphatic heterocycles. The number of hydrogen-bond donors (Lipinski definition) is 2. The highest BCUT2D eigenvalue weighted by molar-refractivity contribution is 6.31. The summed E-state index contributed by atoms with van der Waals surface area (Å²) in [6, 6.07) is 2.22. The van der Waals surface area contributed by atoms with Gasteiger partial charge < -0.3 is 9.84 Å². The Morgan fingerprint density at radius 3 is 2.70 bits per heavy atom. The fourth-order valence-corrected chi connectivity index (χ4v) is 2.49. The second-order valence-corrected chi connectivity index (χ2v) is 5.79. The summed E-state index contributed by atoms with van der Waals surface area (Å²) >= 11 is 5.91. The first-order valence-corrected chi connectivity index (χ1v) is 7.18. The number of fused-ring (bicyclic) bond motifs is 1.